The Morgan fingerprint density at radius 3 is 2.29 bits per heavy atom. The lowest BCUT2D eigenvalue weighted by molar-refractivity contribution is -0.183. The van der Waals surface area contributed by atoms with E-state index in [1.54, 1.807) is 0 Å². The van der Waals surface area contributed by atoms with Crippen LogP contribution in [0.1, 0.15) is 20.8 Å². The van der Waals surface area contributed by atoms with E-state index in [1.165, 1.54) is 0 Å². The van der Waals surface area contributed by atoms with E-state index in [0.29, 0.717) is 0 Å². The van der Waals surface area contributed by atoms with Crippen molar-refractivity contribution in [1.29, 1.82) is 0 Å². The smallest absolute Gasteiger partial charge is 0.303 e. The van der Waals surface area contributed by atoms with Gasteiger partial charge in [-0.1, -0.05) is 0 Å². The number of hydrogen-bond donors (Lipinski definition) is 1. The molecule has 0 unspecified atom stereocenters. The highest BCUT2D eigenvalue weighted by atomic mass is 19.1. The molecule has 0 aromatic rings. The van der Waals surface area contributed by atoms with Crippen molar-refractivity contribution in [2.24, 2.45) is 0 Å². The van der Waals surface area contributed by atoms with E-state index in [9.17, 15) is 23.9 Å². The lowest BCUT2D eigenvalue weighted by Gasteiger charge is -2.26. The van der Waals surface area contributed by atoms with E-state index in [-0.39, 0.29) is 0 Å². The molecule has 1 rings (SSSR count). The zero-order chi connectivity index (χ0) is 16.2. The van der Waals surface area contributed by atoms with Crippen LogP contribution in [-0.2, 0) is 33.3 Å². The Hall–Kier alpha value is -1.74. The van der Waals surface area contributed by atoms with Crippen LogP contribution in [0.3, 0.4) is 0 Å². The van der Waals surface area contributed by atoms with Gasteiger partial charge in [0.05, 0.1) is 0 Å². The summed E-state index contributed by atoms with van der Waals surface area (Å²) in [5.41, 5.74) is 0. The van der Waals surface area contributed by atoms with Crippen LogP contribution in [0.4, 0.5) is 4.39 Å². The Morgan fingerprint density at radius 1 is 1.19 bits per heavy atom. The van der Waals surface area contributed by atoms with Crippen LogP contribution in [-0.4, -0.2) is 60.4 Å². The minimum absolute atomic E-state index is 0.420. The van der Waals surface area contributed by atoms with Crippen molar-refractivity contribution < 1.29 is 42.8 Å². The second-order valence-corrected chi connectivity index (χ2v) is 4.46. The molecule has 120 valence electrons. The second-order valence-electron chi connectivity index (χ2n) is 4.46. The topological polar surface area (TPSA) is 108 Å². The summed E-state index contributed by atoms with van der Waals surface area (Å²) in [6, 6.07) is 0. The lowest BCUT2D eigenvalue weighted by atomic mass is 10.1. The first kappa shape index (κ1) is 17.3. The number of aliphatic hydroxyl groups is 1. The second kappa shape index (κ2) is 7.32. The van der Waals surface area contributed by atoms with Crippen LogP contribution in [0.5, 0.6) is 0 Å². The molecule has 21 heavy (non-hydrogen) atoms. The number of ether oxygens (including phenoxy) is 4. The molecule has 1 saturated heterocycles. The Bertz CT molecular complexity index is 412. The van der Waals surface area contributed by atoms with Crippen LogP contribution in [0, 0.1) is 0 Å². The first-order chi connectivity index (χ1) is 9.72. The third-order valence-corrected chi connectivity index (χ3v) is 2.64. The third kappa shape index (κ3) is 4.94. The Kier molecular flexibility index (Phi) is 6.03. The fourth-order valence-electron chi connectivity index (χ4n) is 1.89. The van der Waals surface area contributed by atoms with Crippen molar-refractivity contribution >= 4 is 17.9 Å². The quantitative estimate of drug-likeness (QED) is 0.533. The van der Waals surface area contributed by atoms with Crippen molar-refractivity contribution in [2.75, 3.05) is 6.61 Å². The first-order valence-corrected chi connectivity index (χ1v) is 6.17. The average molecular weight is 308 g/mol. The molecule has 1 N–H and O–H groups in total. The predicted octanol–water partition coefficient (Wildman–Crippen LogP) is -0.532. The molecule has 0 aliphatic carbocycles. The lowest BCUT2D eigenvalue weighted by Crippen LogP contribution is -2.44. The molecular formula is C12H17FO8. The number of rotatable bonds is 5. The van der Waals surface area contributed by atoms with Gasteiger partial charge in [-0.15, -0.1) is 0 Å². The minimum Gasteiger partial charge on any atom is -0.462 e. The number of esters is 3. The summed E-state index contributed by atoms with van der Waals surface area (Å²) in [6.45, 7) is 2.87. The predicted molar refractivity (Wildman–Crippen MR) is 63.5 cm³/mol. The van der Waals surface area contributed by atoms with E-state index in [1.807, 2.05) is 0 Å². The van der Waals surface area contributed by atoms with Crippen molar-refractivity contribution in [3.63, 3.8) is 0 Å². The molecule has 9 heteroatoms. The maximum absolute atomic E-state index is 13.8. The highest BCUT2D eigenvalue weighted by Crippen LogP contribution is 2.29. The van der Waals surface area contributed by atoms with E-state index in [2.05, 4.69) is 0 Å². The van der Waals surface area contributed by atoms with Gasteiger partial charge in [-0.25, -0.2) is 4.39 Å². The number of halogens is 1. The van der Waals surface area contributed by atoms with Gasteiger partial charge in [0, 0.05) is 20.8 Å². The Morgan fingerprint density at radius 2 is 1.81 bits per heavy atom. The molecule has 0 amide bonds. The summed E-state index contributed by atoms with van der Waals surface area (Å²) in [5.74, 6) is -2.17. The molecule has 1 aliphatic rings. The van der Waals surface area contributed by atoms with Crippen molar-refractivity contribution in [2.45, 2.75) is 51.5 Å². The number of hydrogen-bond acceptors (Lipinski definition) is 8. The van der Waals surface area contributed by atoms with Gasteiger partial charge in [0.1, 0.15) is 12.7 Å². The number of aliphatic hydroxyl groups excluding tert-OH is 1. The highest BCUT2D eigenvalue weighted by Gasteiger charge is 2.51. The normalized spacial score (nSPS) is 29.6. The number of carbonyl (C=O) groups excluding carboxylic acids is 3. The minimum atomic E-state index is -2.01. The van der Waals surface area contributed by atoms with Crippen LogP contribution >= 0.6 is 0 Å². The standard InChI is InChI=1S/C12H17FO8/c1-5(14)18-4-8(19-6(2)15)10-11(20-7(3)16)9(13)12(17)21-10/h8-12,17H,4H2,1-3H3/t8-,9-,10+,11-,12+/m1/s1. The zero-order valence-corrected chi connectivity index (χ0v) is 11.8. The molecule has 0 aromatic heterocycles. The fraction of sp³-hybridized carbons (Fsp3) is 0.750. The summed E-state index contributed by atoms with van der Waals surface area (Å²) >= 11 is 0. The fourth-order valence-corrected chi connectivity index (χ4v) is 1.89. The van der Waals surface area contributed by atoms with Gasteiger partial charge < -0.3 is 24.1 Å². The Balaban J connectivity index is 2.88. The van der Waals surface area contributed by atoms with Gasteiger partial charge in [-0.3, -0.25) is 14.4 Å². The van der Waals surface area contributed by atoms with Gasteiger partial charge in [0.25, 0.3) is 0 Å². The molecule has 5 atom stereocenters. The van der Waals surface area contributed by atoms with Crippen molar-refractivity contribution in [3.05, 3.63) is 0 Å². The summed E-state index contributed by atoms with van der Waals surface area (Å²) in [5, 5.41) is 9.38. The van der Waals surface area contributed by atoms with Crippen LogP contribution < -0.4 is 0 Å². The highest BCUT2D eigenvalue weighted by molar-refractivity contribution is 5.67. The van der Waals surface area contributed by atoms with Gasteiger partial charge in [0.2, 0.25) is 0 Å². The number of carbonyl (C=O) groups is 3. The molecule has 0 radical (unpaired) electrons. The van der Waals surface area contributed by atoms with Crippen LogP contribution in [0.15, 0.2) is 0 Å². The summed E-state index contributed by atoms with van der Waals surface area (Å²) < 4.78 is 33.0. The average Bonchev–Trinajstić information content (AvgIpc) is 2.61. The molecular weight excluding hydrogens is 291 g/mol. The van der Waals surface area contributed by atoms with Gasteiger partial charge in [-0.2, -0.15) is 0 Å². The molecule has 1 fully saturated rings. The van der Waals surface area contributed by atoms with E-state index in [0.717, 1.165) is 20.8 Å². The van der Waals surface area contributed by atoms with Crippen molar-refractivity contribution in [3.8, 4) is 0 Å². The summed E-state index contributed by atoms with van der Waals surface area (Å²) in [6.07, 6.45) is -7.82. The first-order valence-electron chi connectivity index (χ1n) is 6.17. The maximum atomic E-state index is 13.8. The molecule has 8 nitrogen and oxygen atoms in total. The number of alkyl halides is 1. The van der Waals surface area contributed by atoms with Crippen LogP contribution in [0.25, 0.3) is 0 Å². The molecule has 1 heterocycles. The molecule has 0 bridgehead atoms. The third-order valence-electron chi connectivity index (χ3n) is 2.64. The summed E-state index contributed by atoms with van der Waals surface area (Å²) in [7, 11) is 0. The molecule has 0 saturated carbocycles. The van der Waals surface area contributed by atoms with E-state index in [4.69, 9.17) is 18.9 Å². The van der Waals surface area contributed by atoms with Gasteiger partial charge >= 0.3 is 17.9 Å². The monoisotopic (exact) mass is 308 g/mol. The largest absolute Gasteiger partial charge is 0.462 e. The van der Waals surface area contributed by atoms with Gasteiger partial charge in [-0.05, 0) is 0 Å². The molecule has 1 aliphatic heterocycles. The molecule has 0 aromatic carbocycles. The zero-order valence-electron chi connectivity index (χ0n) is 11.8. The molecule has 0 spiro atoms. The van der Waals surface area contributed by atoms with Crippen LogP contribution in [0.2, 0.25) is 0 Å². The SMILES string of the molecule is CC(=O)OC[C@@H](OC(C)=O)[C@@H]1O[C@H](O)[C@H](F)[C@H]1OC(C)=O. The van der Waals surface area contributed by atoms with E-state index >= 15 is 0 Å². The van der Waals surface area contributed by atoms with E-state index < -0.39 is 55.3 Å². The Labute approximate surface area is 120 Å². The maximum Gasteiger partial charge on any atom is 0.303 e. The summed E-state index contributed by atoms with van der Waals surface area (Å²) in [4.78, 5) is 32.9. The van der Waals surface area contributed by atoms with Gasteiger partial charge in [0.15, 0.2) is 24.7 Å². The van der Waals surface area contributed by atoms with Crippen molar-refractivity contribution in [1.82, 2.24) is 0 Å².